The number of esters is 1. The molecule has 1 heterocycles. The minimum Gasteiger partial charge on any atom is -0.462 e. The van der Waals surface area contributed by atoms with Crippen molar-refractivity contribution >= 4 is 35.9 Å². The third kappa shape index (κ3) is 8.32. The summed E-state index contributed by atoms with van der Waals surface area (Å²) < 4.78 is 10.4. The summed E-state index contributed by atoms with van der Waals surface area (Å²) >= 11 is 0. The normalized spacial score (nSPS) is 16.0. The lowest BCUT2D eigenvalue weighted by Crippen LogP contribution is -2.49. The maximum atomic E-state index is 11.7. The van der Waals surface area contributed by atoms with E-state index in [0.717, 1.165) is 50.9 Å². The van der Waals surface area contributed by atoms with Gasteiger partial charge < -0.3 is 20.1 Å². The van der Waals surface area contributed by atoms with Gasteiger partial charge in [0.1, 0.15) is 0 Å². The SMILES string of the molecule is CCNC(=NCc1ccc(C(=O)OCC)cc1)NCC(C)N1CCOCC1.I. The first kappa shape index (κ1) is 24.6. The van der Waals surface area contributed by atoms with Crippen LogP contribution in [0.4, 0.5) is 0 Å². The van der Waals surface area contributed by atoms with Crippen molar-refractivity contribution in [3.05, 3.63) is 35.4 Å². The largest absolute Gasteiger partial charge is 0.462 e. The number of ether oxygens (including phenoxy) is 2. The summed E-state index contributed by atoms with van der Waals surface area (Å²) in [6, 6.07) is 7.81. The van der Waals surface area contributed by atoms with Gasteiger partial charge in [0, 0.05) is 32.2 Å². The van der Waals surface area contributed by atoms with Crippen LogP contribution in [0.25, 0.3) is 0 Å². The Morgan fingerprint density at radius 1 is 1.21 bits per heavy atom. The molecular formula is C20H33IN4O3. The average molecular weight is 504 g/mol. The number of halogens is 1. The number of benzene rings is 1. The summed E-state index contributed by atoms with van der Waals surface area (Å²) in [6.07, 6.45) is 0. The van der Waals surface area contributed by atoms with E-state index in [4.69, 9.17) is 9.47 Å². The van der Waals surface area contributed by atoms with Crippen molar-refractivity contribution < 1.29 is 14.3 Å². The highest BCUT2D eigenvalue weighted by molar-refractivity contribution is 14.0. The summed E-state index contributed by atoms with van der Waals surface area (Å²) in [5.41, 5.74) is 1.61. The van der Waals surface area contributed by atoms with E-state index in [1.165, 1.54) is 0 Å². The van der Waals surface area contributed by atoms with Gasteiger partial charge >= 0.3 is 5.97 Å². The van der Waals surface area contributed by atoms with Crippen LogP contribution in [0.5, 0.6) is 0 Å². The third-order valence-electron chi connectivity index (χ3n) is 4.46. The molecule has 0 spiro atoms. The van der Waals surface area contributed by atoms with E-state index in [-0.39, 0.29) is 29.9 Å². The number of rotatable bonds is 8. The highest BCUT2D eigenvalue weighted by Gasteiger charge is 2.17. The Morgan fingerprint density at radius 3 is 2.50 bits per heavy atom. The molecule has 0 saturated carbocycles. The molecule has 8 heteroatoms. The molecule has 1 aliphatic heterocycles. The van der Waals surface area contributed by atoms with E-state index in [0.29, 0.717) is 24.8 Å². The molecule has 2 N–H and O–H groups in total. The van der Waals surface area contributed by atoms with Crippen molar-refractivity contribution in [2.45, 2.75) is 33.4 Å². The van der Waals surface area contributed by atoms with Crippen LogP contribution in [-0.4, -0.2) is 68.9 Å². The summed E-state index contributed by atoms with van der Waals surface area (Å²) in [5.74, 6) is 0.506. The number of aliphatic imine (C=N–C) groups is 1. The quantitative estimate of drug-likeness (QED) is 0.245. The fourth-order valence-corrected chi connectivity index (χ4v) is 2.86. The summed E-state index contributed by atoms with van der Waals surface area (Å²) in [6.45, 7) is 12.2. The Morgan fingerprint density at radius 2 is 1.89 bits per heavy atom. The van der Waals surface area contributed by atoms with Crippen molar-refractivity contribution in [1.82, 2.24) is 15.5 Å². The van der Waals surface area contributed by atoms with Gasteiger partial charge in [-0.05, 0) is 38.5 Å². The number of guanidine groups is 1. The standard InChI is InChI=1S/C20H32N4O3.HI/c1-4-21-20(22-14-16(3)24-10-12-26-13-11-24)23-15-17-6-8-18(9-7-17)19(25)27-5-2;/h6-9,16H,4-5,10-15H2,1-3H3,(H2,21,22,23);1H. The molecule has 1 aromatic carbocycles. The number of hydrogen-bond donors (Lipinski definition) is 2. The fourth-order valence-electron chi connectivity index (χ4n) is 2.86. The van der Waals surface area contributed by atoms with Gasteiger partial charge in [-0.1, -0.05) is 12.1 Å². The lowest BCUT2D eigenvalue weighted by Gasteiger charge is -2.32. The van der Waals surface area contributed by atoms with Crippen LogP contribution >= 0.6 is 24.0 Å². The van der Waals surface area contributed by atoms with E-state index >= 15 is 0 Å². The van der Waals surface area contributed by atoms with Gasteiger partial charge in [-0.25, -0.2) is 9.79 Å². The smallest absolute Gasteiger partial charge is 0.338 e. The molecule has 1 unspecified atom stereocenters. The molecule has 0 aromatic heterocycles. The molecule has 7 nitrogen and oxygen atoms in total. The highest BCUT2D eigenvalue weighted by Crippen LogP contribution is 2.07. The molecule has 158 valence electrons. The monoisotopic (exact) mass is 504 g/mol. The Bertz CT molecular complexity index is 604. The first-order chi connectivity index (χ1) is 13.1. The van der Waals surface area contributed by atoms with Gasteiger partial charge in [0.2, 0.25) is 0 Å². The van der Waals surface area contributed by atoms with Crippen LogP contribution in [0, 0.1) is 0 Å². The minimum absolute atomic E-state index is 0. The van der Waals surface area contributed by atoms with Crippen molar-refractivity contribution in [2.75, 3.05) is 46.0 Å². The maximum absolute atomic E-state index is 11.7. The zero-order chi connectivity index (χ0) is 19.5. The summed E-state index contributed by atoms with van der Waals surface area (Å²) in [4.78, 5) is 18.8. The topological polar surface area (TPSA) is 75.2 Å². The van der Waals surface area contributed by atoms with Crippen molar-refractivity contribution in [2.24, 2.45) is 4.99 Å². The molecule has 1 atom stereocenters. The number of morpholine rings is 1. The van der Waals surface area contributed by atoms with Gasteiger partial charge in [0.05, 0.1) is 31.9 Å². The van der Waals surface area contributed by atoms with Crippen LogP contribution in [0.15, 0.2) is 29.3 Å². The second kappa shape index (κ2) is 13.7. The maximum Gasteiger partial charge on any atom is 0.338 e. The van der Waals surface area contributed by atoms with Crippen LogP contribution in [0.1, 0.15) is 36.7 Å². The van der Waals surface area contributed by atoms with Crippen LogP contribution < -0.4 is 10.6 Å². The van der Waals surface area contributed by atoms with E-state index in [9.17, 15) is 4.79 Å². The van der Waals surface area contributed by atoms with Crippen molar-refractivity contribution in [1.29, 1.82) is 0 Å². The van der Waals surface area contributed by atoms with E-state index < -0.39 is 0 Å². The van der Waals surface area contributed by atoms with Crippen molar-refractivity contribution in [3.63, 3.8) is 0 Å². The fraction of sp³-hybridized carbons (Fsp3) is 0.600. The number of nitrogens with zero attached hydrogens (tertiary/aromatic N) is 2. The first-order valence-corrected chi connectivity index (χ1v) is 9.74. The van der Waals surface area contributed by atoms with E-state index in [1.807, 2.05) is 12.1 Å². The molecular weight excluding hydrogens is 471 g/mol. The second-order valence-corrected chi connectivity index (χ2v) is 6.49. The van der Waals surface area contributed by atoms with E-state index in [1.54, 1.807) is 19.1 Å². The Labute approximate surface area is 185 Å². The third-order valence-corrected chi connectivity index (χ3v) is 4.46. The van der Waals surface area contributed by atoms with Crippen molar-refractivity contribution in [3.8, 4) is 0 Å². The van der Waals surface area contributed by atoms with Gasteiger partial charge in [0.15, 0.2) is 5.96 Å². The molecule has 1 fully saturated rings. The second-order valence-electron chi connectivity index (χ2n) is 6.49. The molecule has 1 saturated heterocycles. The molecule has 28 heavy (non-hydrogen) atoms. The lowest BCUT2D eigenvalue weighted by atomic mass is 10.1. The van der Waals surface area contributed by atoms with Gasteiger partial charge in [-0.3, -0.25) is 4.90 Å². The summed E-state index contributed by atoms with van der Waals surface area (Å²) in [7, 11) is 0. The number of carbonyl (C=O) groups excluding carboxylic acids is 1. The van der Waals surface area contributed by atoms with Crippen LogP contribution in [-0.2, 0) is 16.0 Å². The predicted octanol–water partition coefficient (Wildman–Crippen LogP) is 2.26. The highest BCUT2D eigenvalue weighted by atomic mass is 127. The van der Waals surface area contributed by atoms with Gasteiger partial charge in [0.25, 0.3) is 0 Å². The number of carbonyl (C=O) groups is 1. The first-order valence-electron chi connectivity index (χ1n) is 9.74. The Balaban J connectivity index is 0.00000392. The van der Waals surface area contributed by atoms with E-state index in [2.05, 4.69) is 34.4 Å². The zero-order valence-electron chi connectivity index (χ0n) is 17.1. The molecule has 1 aliphatic rings. The zero-order valence-corrected chi connectivity index (χ0v) is 19.4. The van der Waals surface area contributed by atoms with Gasteiger partial charge in [-0.2, -0.15) is 0 Å². The Kier molecular flexibility index (Phi) is 12.1. The molecule has 0 radical (unpaired) electrons. The molecule has 0 aliphatic carbocycles. The Hall–Kier alpha value is -1.39. The van der Waals surface area contributed by atoms with Crippen LogP contribution in [0.2, 0.25) is 0 Å². The lowest BCUT2D eigenvalue weighted by molar-refractivity contribution is 0.0211. The average Bonchev–Trinajstić information content (AvgIpc) is 2.71. The molecule has 1 aromatic rings. The number of nitrogens with one attached hydrogen (secondary N) is 2. The van der Waals surface area contributed by atoms with Gasteiger partial charge in [-0.15, -0.1) is 24.0 Å². The molecule has 2 rings (SSSR count). The molecule has 0 bridgehead atoms. The predicted molar refractivity (Wildman–Crippen MR) is 122 cm³/mol. The number of hydrogen-bond acceptors (Lipinski definition) is 5. The molecule has 0 amide bonds. The van der Waals surface area contributed by atoms with Crippen LogP contribution in [0.3, 0.4) is 0 Å². The summed E-state index contributed by atoms with van der Waals surface area (Å²) in [5, 5.41) is 6.70. The minimum atomic E-state index is -0.292.